The zero-order chi connectivity index (χ0) is 12.0. The molecule has 0 aromatic carbocycles. The van der Waals surface area contributed by atoms with E-state index in [0.717, 1.165) is 32.5 Å². The fourth-order valence-corrected chi connectivity index (χ4v) is 2.37. The molecule has 0 bridgehead atoms. The summed E-state index contributed by atoms with van der Waals surface area (Å²) in [6, 6.07) is 0.906. The normalized spacial score (nSPS) is 29.2. The largest absolute Gasteiger partial charge is 0.376 e. The summed E-state index contributed by atoms with van der Waals surface area (Å²) in [6.07, 6.45) is 5.16. The molecule has 2 N–H and O–H groups in total. The molecule has 1 aliphatic rings. The average molecular weight is 228 g/mol. The highest BCUT2D eigenvalue weighted by Crippen LogP contribution is 2.15. The first kappa shape index (κ1) is 13.9. The van der Waals surface area contributed by atoms with Crippen LogP contribution in [0.1, 0.15) is 46.5 Å². The lowest BCUT2D eigenvalue weighted by Crippen LogP contribution is -2.52. The van der Waals surface area contributed by atoms with Crippen LogP contribution in [0, 0.1) is 0 Å². The third kappa shape index (κ3) is 4.40. The molecule has 0 aromatic rings. The SMILES string of the molecule is CCCCC(N)CN1CC(C)OCC1CC. The Kier molecular flexibility index (Phi) is 6.32. The fourth-order valence-electron chi connectivity index (χ4n) is 2.37. The zero-order valence-electron chi connectivity index (χ0n) is 11.1. The molecule has 16 heavy (non-hydrogen) atoms. The monoisotopic (exact) mass is 228 g/mol. The van der Waals surface area contributed by atoms with Gasteiger partial charge in [0.05, 0.1) is 12.7 Å². The molecule has 1 fully saturated rings. The average Bonchev–Trinajstić information content (AvgIpc) is 2.27. The second kappa shape index (κ2) is 7.25. The van der Waals surface area contributed by atoms with Gasteiger partial charge in [0.2, 0.25) is 0 Å². The quantitative estimate of drug-likeness (QED) is 0.756. The Morgan fingerprint density at radius 2 is 2.19 bits per heavy atom. The molecule has 96 valence electrons. The van der Waals surface area contributed by atoms with E-state index in [4.69, 9.17) is 10.5 Å². The number of morpholine rings is 1. The highest BCUT2D eigenvalue weighted by atomic mass is 16.5. The van der Waals surface area contributed by atoms with Crippen molar-refractivity contribution in [2.24, 2.45) is 5.73 Å². The lowest BCUT2D eigenvalue weighted by atomic mass is 10.1. The van der Waals surface area contributed by atoms with Crippen molar-refractivity contribution in [1.82, 2.24) is 4.90 Å². The van der Waals surface area contributed by atoms with Crippen molar-refractivity contribution in [3.8, 4) is 0 Å². The van der Waals surface area contributed by atoms with Gasteiger partial charge in [0.25, 0.3) is 0 Å². The summed E-state index contributed by atoms with van der Waals surface area (Å²) >= 11 is 0. The first-order valence-electron chi connectivity index (χ1n) is 6.78. The second-order valence-electron chi connectivity index (χ2n) is 5.06. The maximum absolute atomic E-state index is 6.17. The Balaban J connectivity index is 2.36. The van der Waals surface area contributed by atoms with E-state index in [1.807, 2.05) is 0 Å². The lowest BCUT2D eigenvalue weighted by molar-refractivity contribution is -0.0576. The third-order valence-electron chi connectivity index (χ3n) is 3.45. The summed E-state index contributed by atoms with van der Waals surface area (Å²) in [4.78, 5) is 2.52. The van der Waals surface area contributed by atoms with E-state index in [-0.39, 0.29) is 0 Å². The molecule has 0 aromatic heterocycles. The van der Waals surface area contributed by atoms with Crippen molar-refractivity contribution in [2.45, 2.75) is 64.6 Å². The number of nitrogens with two attached hydrogens (primary N) is 1. The maximum atomic E-state index is 6.17. The molecule has 0 spiro atoms. The number of ether oxygens (including phenoxy) is 1. The minimum atomic E-state index is 0.333. The molecule has 1 rings (SSSR count). The molecule has 3 atom stereocenters. The van der Waals surface area contributed by atoms with Crippen LogP contribution >= 0.6 is 0 Å². The Hall–Kier alpha value is -0.120. The van der Waals surface area contributed by atoms with Crippen LogP contribution in [-0.2, 0) is 4.74 Å². The summed E-state index contributed by atoms with van der Waals surface area (Å²) in [5, 5.41) is 0. The summed E-state index contributed by atoms with van der Waals surface area (Å²) in [5.74, 6) is 0. The Morgan fingerprint density at radius 3 is 2.81 bits per heavy atom. The number of nitrogens with zero attached hydrogens (tertiary/aromatic N) is 1. The summed E-state index contributed by atoms with van der Waals surface area (Å²) in [6.45, 7) is 9.55. The van der Waals surface area contributed by atoms with E-state index in [1.165, 1.54) is 12.8 Å². The minimum absolute atomic E-state index is 0.333. The fraction of sp³-hybridized carbons (Fsp3) is 1.00. The van der Waals surface area contributed by atoms with Crippen LogP contribution < -0.4 is 5.73 Å². The predicted molar refractivity (Wildman–Crippen MR) is 68.6 cm³/mol. The van der Waals surface area contributed by atoms with E-state index in [2.05, 4.69) is 25.7 Å². The molecular formula is C13H28N2O. The molecule has 0 saturated carbocycles. The van der Waals surface area contributed by atoms with Crippen LogP contribution in [0.15, 0.2) is 0 Å². The van der Waals surface area contributed by atoms with Crippen molar-refractivity contribution in [3.05, 3.63) is 0 Å². The molecule has 3 unspecified atom stereocenters. The highest BCUT2D eigenvalue weighted by Gasteiger charge is 2.26. The van der Waals surface area contributed by atoms with E-state index in [0.29, 0.717) is 18.2 Å². The number of hydrogen-bond acceptors (Lipinski definition) is 3. The summed E-state index contributed by atoms with van der Waals surface area (Å²) in [5.41, 5.74) is 6.17. The first-order valence-corrected chi connectivity index (χ1v) is 6.78. The summed E-state index contributed by atoms with van der Waals surface area (Å²) < 4.78 is 5.69. The molecule has 0 aliphatic carbocycles. The van der Waals surface area contributed by atoms with Crippen LogP contribution in [0.3, 0.4) is 0 Å². The van der Waals surface area contributed by atoms with Crippen LogP contribution in [0.4, 0.5) is 0 Å². The molecule has 1 aliphatic heterocycles. The summed E-state index contributed by atoms with van der Waals surface area (Å²) in [7, 11) is 0. The van der Waals surface area contributed by atoms with Gasteiger partial charge in [-0.05, 0) is 19.8 Å². The predicted octanol–water partition coefficient (Wildman–Crippen LogP) is 2.00. The van der Waals surface area contributed by atoms with Crippen molar-refractivity contribution >= 4 is 0 Å². The first-order chi connectivity index (χ1) is 7.67. The molecular weight excluding hydrogens is 200 g/mol. The van der Waals surface area contributed by atoms with Gasteiger partial charge in [-0.15, -0.1) is 0 Å². The molecule has 3 nitrogen and oxygen atoms in total. The van der Waals surface area contributed by atoms with Gasteiger partial charge in [-0.25, -0.2) is 0 Å². The van der Waals surface area contributed by atoms with Gasteiger partial charge >= 0.3 is 0 Å². The smallest absolute Gasteiger partial charge is 0.0674 e. The second-order valence-corrected chi connectivity index (χ2v) is 5.06. The van der Waals surface area contributed by atoms with Gasteiger partial charge in [0.15, 0.2) is 0 Å². The van der Waals surface area contributed by atoms with Gasteiger partial charge in [-0.1, -0.05) is 26.7 Å². The topological polar surface area (TPSA) is 38.5 Å². The van der Waals surface area contributed by atoms with Crippen molar-refractivity contribution in [2.75, 3.05) is 19.7 Å². The lowest BCUT2D eigenvalue weighted by Gasteiger charge is -2.39. The van der Waals surface area contributed by atoms with Crippen molar-refractivity contribution in [3.63, 3.8) is 0 Å². The number of rotatable bonds is 6. The van der Waals surface area contributed by atoms with E-state index in [9.17, 15) is 0 Å². The van der Waals surface area contributed by atoms with Crippen LogP contribution in [0.2, 0.25) is 0 Å². The molecule has 0 radical (unpaired) electrons. The van der Waals surface area contributed by atoms with Gasteiger partial charge in [0.1, 0.15) is 0 Å². The van der Waals surface area contributed by atoms with E-state index in [1.54, 1.807) is 0 Å². The van der Waals surface area contributed by atoms with Crippen molar-refractivity contribution < 1.29 is 4.74 Å². The number of unbranched alkanes of at least 4 members (excludes halogenated alkanes) is 1. The highest BCUT2D eigenvalue weighted by molar-refractivity contribution is 4.80. The standard InChI is InChI=1S/C13H28N2O/c1-4-6-7-12(14)9-15-8-11(3)16-10-13(15)5-2/h11-13H,4-10,14H2,1-3H3. The van der Waals surface area contributed by atoms with E-state index < -0.39 is 0 Å². The van der Waals surface area contributed by atoms with Gasteiger partial charge in [-0.3, -0.25) is 4.90 Å². The molecule has 1 heterocycles. The van der Waals surface area contributed by atoms with Gasteiger partial charge in [-0.2, -0.15) is 0 Å². The number of hydrogen-bond donors (Lipinski definition) is 1. The maximum Gasteiger partial charge on any atom is 0.0674 e. The third-order valence-corrected chi connectivity index (χ3v) is 3.45. The van der Waals surface area contributed by atoms with Gasteiger partial charge < -0.3 is 10.5 Å². The van der Waals surface area contributed by atoms with Gasteiger partial charge in [0, 0.05) is 25.2 Å². The molecule has 0 amide bonds. The Labute approximate surface area is 100 Å². The molecule has 3 heteroatoms. The van der Waals surface area contributed by atoms with Crippen LogP contribution in [-0.4, -0.2) is 42.8 Å². The molecule has 1 saturated heterocycles. The zero-order valence-corrected chi connectivity index (χ0v) is 11.1. The Morgan fingerprint density at radius 1 is 1.44 bits per heavy atom. The van der Waals surface area contributed by atoms with Crippen molar-refractivity contribution in [1.29, 1.82) is 0 Å². The minimum Gasteiger partial charge on any atom is -0.376 e. The van der Waals surface area contributed by atoms with Crippen LogP contribution in [0.25, 0.3) is 0 Å². The van der Waals surface area contributed by atoms with Crippen LogP contribution in [0.5, 0.6) is 0 Å². The Bertz CT molecular complexity index is 187. The van der Waals surface area contributed by atoms with E-state index >= 15 is 0 Å².